The van der Waals surface area contributed by atoms with E-state index in [1.807, 2.05) is 31.3 Å². The molecule has 1 atom stereocenters. The van der Waals surface area contributed by atoms with Crippen LogP contribution in [0.2, 0.25) is 0 Å². The SMILES string of the molecule is Cc1ccc(-c2[nH]ncc2CNC[C@H](C)c2ccccc2)o1. The molecule has 22 heavy (non-hydrogen) atoms. The predicted octanol–water partition coefficient (Wildman–Crippen LogP) is 3.87. The quantitative estimate of drug-likeness (QED) is 0.726. The minimum Gasteiger partial charge on any atom is -0.460 e. The van der Waals surface area contributed by atoms with Gasteiger partial charge in [-0.25, -0.2) is 0 Å². The number of rotatable bonds is 6. The van der Waals surface area contributed by atoms with Crippen LogP contribution < -0.4 is 5.32 Å². The van der Waals surface area contributed by atoms with Crippen LogP contribution in [0.5, 0.6) is 0 Å². The van der Waals surface area contributed by atoms with Crippen molar-refractivity contribution in [2.45, 2.75) is 26.3 Å². The highest BCUT2D eigenvalue weighted by Gasteiger charge is 2.11. The summed E-state index contributed by atoms with van der Waals surface area (Å²) in [6, 6.07) is 14.5. The van der Waals surface area contributed by atoms with E-state index in [9.17, 15) is 0 Å². The van der Waals surface area contributed by atoms with Gasteiger partial charge in [-0.2, -0.15) is 5.10 Å². The Bertz CT molecular complexity index is 715. The Kier molecular flexibility index (Phi) is 4.39. The summed E-state index contributed by atoms with van der Waals surface area (Å²) in [6.45, 7) is 5.86. The molecular formula is C18H21N3O. The summed E-state index contributed by atoms with van der Waals surface area (Å²) in [5, 5.41) is 10.7. The van der Waals surface area contributed by atoms with Crippen molar-refractivity contribution in [2.75, 3.05) is 6.54 Å². The third-order valence-corrected chi connectivity index (χ3v) is 3.84. The van der Waals surface area contributed by atoms with Gasteiger partial charge < -0.3 is 9.73 Å². The molecule has 0 saturated heterocycles. The van der Waals surface area contributed by atoms with Gasteiger partial charge >= 0.3 is 0 Å². The summed E-state index contributed by atoms with van der Waals surface area (Å²) in [7, 11) is 0. The molecule has 0 aliphatic carbocycles. The molecule has 3 rings (SSSR count). The first-order chi connectivity index (χ1) is 10.7. The van der Waals surface area contributed by atoms with Crippen LogP contribution in [-0.4, -0.2) is 16.7 Å². The van der Waals surface area contributed by atoms with Crippen molar-refractivity contribution in [3.05, 3.63) is 65.5 Å². The maximum Gasteiger partial charge on any atom is 0.152 e. The molecule has 2 N–H and O–H groups in total. The van der Waals surface area contributed by atoms with Gasteiger partial charge in [0.05, 0.1) is 6.20 Å². The van der Waals surface area contributed by atoms with Gasteiger partial charge in [0.1, 0.15) is 11.5 Å². The second-order valence-electron chi connectivity index (χ2n) is 5.62. The summed E-state index contributed by atoms with van der Waals surface area (Å²) in [4.78, 5) is 0. The lowest BCUT2D eigenvalue weighted by Gasteiger charge is -2.12. The van der Waals surface area contributed by atoms with Crippen molar-refractivity contribution >= 4 is 0 Å². The molecule has 2 heterocycles. The highest BCUT2D eigenvalue weighted by atomic mass is 16.3. The second kappa shape index (κ2) is 6.62. The summed E-state index contributed by atoms with van der Waals surface area (Å²) in [6.07, 6.45) is 1.85. The summed E-state index contributed by atoms with van der Waals surface area (Å²) >= 11 is 0. The van der Waals surface area contributed by atoms with Crippen molar-refractivity contribution < 1.29 is 4.42 Å². The highest BCUT2D eigenvalue weighted by molar-refractivity contribution is 5.56. The fraction of sp³-hybridized carbons (Fsp3) is 0.278. The van der Waals surface area contributed by atoms with Crippen molar-refractivity contribution in [3.8, 4) is 11.5 Å². The number of furan rings is 1. The van der Waals surface area contributed by atoms with Crippen LogP contribution in [-0.2, 0) is 6.54 Å². The predicted molar refractivity (Wildman–Crippen MR) is 87.6 cm³/mol. The molecular weight excluding hydrogens is 274 g/mol. The normalized spacial score (nSPS) is 12.5. The monoisotopic (exact) mass is 295 g/mol. The van der Waals surface area contributed by atoms with Gasteiger partial charge in [-0.05, 0) is 30.5 Å². The highest BCUT2D eigenvalue weighted by Crippen LogP contribution is 2.23. The molecule has 1 aromatic carbocycles. The van der Waals surface area contributed by atoms with Crippen molar-refractivity contribution in [1.29, 1.82) is 0 Å². The van der Waals surface area contributed by atoms with Gasteiger partial charge in [-0.1, -0.05) is 37.3 Å². The third-order valence-electron chi connectivity index (χ3n) is 3.84. The summed E-state index contributed by atoms with van der Waals surface area (Å²) in [5.74, 6) is 2.21. The number of hydrogen-bond donors (Lipinski definition) is 2. The van der Waals surface area contributed by atoms with E-state index >= 15 is 0 Å². The fourth-order valence-electron chi connectivity index (χ4n) is 2.55. The van der Waals surface area contributed by atoms with Crippen LogP contribution in [0.1, 0.15) is 29.7 Å². The molecule has 0 aliphatic heterocycles. The Morgan fingerprint density at radius 3 is 2.73 bits per heavy atom. The molecule has 0 aliphatic rings. The molecule has 0 saturated carbocycles. The minimum absolute atomic E-state index is 0.474. The smallest absolute Gasteiger partial charge is 0.152 e. The molecule has 0 unspecified atom stereocenters. The lowest BCUT2D eigenvalue weighted by molar-refractivity contribution is 0.544. The number of nitrogens with one attached hydrogen (secondary N) is 2. The number of aromatic amines is 1. The standard InChI is InChI=1S/C18H21N3O/c1-13(15-6-4-3-5-7-15)10-19-11-16-12-20-21-18(16)17-9-8-14(2)22-17/h3-9,12-13,19H,10-11H2,1-2H3,(H,20,21)/t13-/m0/s1. The first-order valence-electron chi connectivity index (χ1n) is 7.59. The van der Waals surface area contributed by atoms with Gasteiger partial charge in [0.2, 0.25) is 0 Å². The van der Waals surface area contributed by atoms with Crippen LogP contribution in [0.25, 0.3) is 11.5 Å². The third kappa shape index (κ3) is 3.28. The lowest BCUT2D eigenvalue weighted by Crippen LogP contribution is -2.19. The number of aromatic nitrogens is 2. The average molecular weight is 295 g/mol. The first-order valence-corrected chi connectivity index (χ1v) is 7.59. The maximum absolute atomic E-state index is 5.67. The van der Waals surface area contributed by atoms with E-state index in [1.54, 1.807) is 0 Å². The zero-order valence-electron chi connectivity index (χ0n) is 13.0. The molecule has 0 radical (unpaired) electrons. The summed E-state index contributed by atoms with van der Waals surface area (Å²) < 4.78 is 5.67. The average Bonchev–Trinajstić information content (AvgIpc) is 3.16. The van der Waals surface area contributed by atoms with Crippen LogP contribution >= 0.6 is 0 Å². The van der Waals surface area contributed by atoms with Gasteiger partial charge in [-0.3, -0.25) is 5.10 Å². The van der Waals surface area contributed by atoms with Crippen LogP contribution in [0, 0.1) is 6.92 Å². The molecule has 0 fully saturated rings. The van der Waals surface area contributed by atoms with Crippen molar-refractivity contribution in [1.82, 2.24) is 15.5 Å². The number of nitrogens with zero attached hydrogens (tertiary/aromatic N) is 1. The van der Waals surface area contributed by atoms with Gasteiger partial charge in [-0.15, -0.1) is 0 Å². The Labute approximate surface area is 130 Å². The maximum atomic E-state index is 5.67. The number of hydrogen-bond acceptors (Lipinski definition) is 3. The van der Waals surface area contributed by atoms with Crippen LogP contribution in [0.4, 0.5) is 0 Å². The molecule has 114 valence electrons. The Balaban J connectivity index is 1.60. The van der Waals surface area contributed by atoms with E-state index in [1.165, 1.54) is 5.56 Å². The largest absolute Gasteiger partial charge is 0.460 e. The molecule has 4 heteroatoms. The lowest BCUT2D eigenvalue weighted by atomic mass is 10.0. The zero-order chi connectivity index (χ0) is 15.4. The molecule has 4 nitrogen and oxygen atoms in total. The van der Waals surface area contributed by atoms with E-state index in [-0.39, 0.29) is 0 Å². The van der Waals surface area contributed by atoms with E-state index in [0.29, 0.717) is 5.92 Å². The van der Waals surface area contributed by atoms with E-state index in [4.69, 9.17) is 4.42 Å². The van der Waals surface area contributed by atoms with Gasteiger partial charge in [0.15, 0.2) is 5.76 Å². The van der Waals surface area contributed by atoms with Crippen LogP contribution in [0.3, 0.4) is 0 Å². The van der Waals surface area contributed by atoms with Crippen LogP contribution in [0.15, 0.2) is 53.1 Å². The van der Waals surface area contributed by atoms with Crippen molar-refractivity contribution in [2.24, 2.45) is 0 Å². The van der Waals surface area contributed by atoms with Gasteiger partial charge in [0, 0.05) is 18.7 Å². The Morgan fingerprint density at radius 2 is 2.00 bits per heavy atom. The Hall–Kier alpha value is -2.33. The van der Waals surface area contributed by atoms with Gasteiger partial charge in [0.25, 0.3) is 0 Å². The number of H-pyrrole nitrogens is 1. The molecule has 0 amide bonds. The molecule has 0 spiro atoms. The topological polar surface area (TPSA) is 53.9 Å². The minimum atomic E-state index is 0.474. The number of aryl methyl sites for hydroxylation is 1. The number of benzene rings is 1. The Morgan fingerprint density at radius 1 is 1.18 bits per heavy atom. The molecule has 2 aromatic heterocycles. The van der Waals surface area contributed by atoms with E-state index in [0.717, 1.165) is 35.9 Å². The van der Waals surface area contributed by atoms with E-state index < -0.39 is 0 Å². The summed E-state index contributed by atoms with van der Waals surface area (Å²) in [5.41, 5.74) is 3.42. The van der Waals surface area contributed by atoms with Crippen molar-refractivity contribution in [3.63, 3.8) is 0 Å². The molecule has 0 bridgehead atoms. The first kappa shape index (κ1) is 14.6. The molecule has 3 aromatic rings. The second-order valence-corrected chi connectivity index (χ2v) is 5.62. The van der Waals surface area contributed by atoms with E-state index in [2.05, 4.69) is 46.7 Å². The zero-order valence-corrected chi connectivity index (χ0v) is 13.0. The fourth-order valence-corrected chi connectivity index (χ4v) is 2.55.